The van der Waals surface area contributed by atoms with Crippen LogP contribution in [0.25, 0.3) is 22.8 Å². The molecule has 6 heteroatoms. The molecule has 0 spiro atoms. The van der Waals surface area contributed by atoms with Crippen LogP contribution in [0.15, 0.2) is 87.9 Å². The number of hydrogen-bond donors (Lipinski definition) is 1. The van der Waals surface area contributed by atoms with Gasteiger partial charge < -0.3 is 9.73 Å². The largest absolute Gasteiger partial charge is 0.436 e. The molecule has 0 aliphatic carbocycles. The van der Waals surface area contributed by atoms with E-state index in [1.807, 2.05) is 24.3 Å². The van der Waals surface area contributed by atoms with Crippen LogP contribution in [-0.4, -0.2) is 10.9 Å². The van der Waals surface area contributed by atoms with Crippen molar-refractivity contribution in [2.75, 3.05) is 5.32 Å². The van der Waals surface area contributed by atoms with Crippen LogP contribution in [0.2, 0.25) is 0 Å². The van der Waals surface area contributed by atoms with Gasteiger partial charge in [0.15, 0.2) is 5.76 Å². The molecular formula is C22H14BrFN2O2. The van der Waals surface area contributed by atoms with Crippen molar-refractivity contribution in [1.82, 2.24) is 4.98 Å². The molecule has 0 atom stereocenters. The van der Waals surface area contributed by atoms with Gasteiger partial charge in [-0.15, -0.1) is 0 Å². The molecule has 1 aromatic heterocycles. The number of anilines is 1. The molecular weight excluding hydrogens is 423 g/mol. The first-order chi connectivity index (χ1) is 13.6. The van der Waals surface area contributed by atoms with E-state index in [2.05, 4.69) is 26.2 Å². The van der Waals surface area contributed by atoms with Crippen molar-refractivity contribution in [3.8, 4) is 22.8 Å². The summed E-state index contributed by atoms with van der Waals surface area (Å²) in [5.41, 5.74) is 2.18. The number of oxazole rings is 1. The SMILES string of the molecule is O=C(Nc1cccc(F)c1)c1ccccc1-c1ncc(-c2cccc(Br)c2)o1. The van der Waals surface area contributed by atoms with Crippen molar-refractivity contribution in [1.29, 1.82) is 0 Å². The molecule has 0 saturated carbocycles. The van der Waals surface area contributed by atoms with Gasteiger partial charge in [-0.3, -0.25) is 4.79 Å². The molecule has 0 saturated heterocycles. The van der Waals surface area contributed by atoms with Crippen LogP contribution in [-0.2, 0) is 0 Å². The fourth-order valence-corrected chi connectivity index (χ4v) is 3.21. The Bertz CT molecular complexity index is 1160. The predicted octanol–water partition coefficient (Wildman–Crippen LogP) is 6.16. The maximum Gasteiger partial charge on any atom is 0.256 e. The number of amides is 1. The van der Waals surface area contributed by atoms with Gasteiger partial charge in [-0.25, -0.2) is 9.37 Å². The summed E-state index contributed by atoms with van der Waals surface area (Å²) in [5.74, 6) is 0.137. The monoisotopic (exact) mass is 436 g/mol. The quantitative estimate of drug-likeness (QED) is 0.416. The fourth-order valence-electron chi connectivity index (χ4n) is 2.81. The number of hydrogen-bond acceptors (Lipinski definition) is 3. The smallest absolute Gasteiger partial charge is 0.256 e. The summed E-state index contributed by atoms with van der Waals surface area (Å²) in [7, 11) is 0. The van der Waals surface area contributed by atoms with Crippen LogP contribution in [0, 0.1) is 5.82 Å². The lowest BCUT2D eigenvalue weighted by Crippen LogP contribution is -2.13. The molecule has 0 fully saturated rings. The van der Waals surface area contributed by atoms with Gasteiger partial charge in [0.2, 0.25) is 5.89 Å². The normalized spacial score (nSPS) is 10.6. The molecule has 0 aliphatic rings. The van der Waals surface area contributed by atoms with E-state index >= 15 is 0 Å². The third-order valence-electron chi connectivity index (χ3n) is 4.10. The van der Waals surface area contributed by atoms with E-state index in [1.165, 1.54) is 18.2 Å². The van der Waals surface area contributed by atoms with Crippen molar-refractivity contribution < 1.29 is 13.6 Å². The second-order valence-electron chi connectivity index (χ2n) is 6.05. The Labute approximate surface area is 169 Å². The Morgan fingerprint density at radius 3 is 2.64 bits per heavy atom. The molecule has 1 amide bonds. The van der Waals surface area contributed by atoms with Gasteiger partial charge in [-0.1, -0.05) is 46.3 Å². The number of nitrogens with one attached hydrogen (secondary N) is 1. The van der Waals surface area contributed by atoms with Crippen LogP contribution in [0.3, 0.4) is 0 Å². The molecule has 3 aromatic carbocycles. The molecule has 0 bridgehead atoms. The Morgan fingerprint density at radius 1 is 1.00 bits per heavy atom. The topological polar surface area (TPSA) is 55.1 Å². The lowest BCUT2D eigenvalue weighted by molar-refractivity contribution is 0.102. The first-order valence-corrected chi connectivity index (χ1v) is 9.27. The zero-order chi connectivity index (χ0) is 19.5. The van der Waals surface area contributed by atoms with Crippen LogP contribution < -0.4 is 5.32 Å². The average Bonchev–Trinajstić information content (AvgIpc) is 3.18. The summed E-state index contributed by atoms with van der Waals surface area (Å²) in [6.07, 6.45) is 1.62. The summed E-state index contributed by atoms with van der Waals surface area (Å²) in [6.45, 7) is 0. The van der Waals surface area contributed by atoms with E-state index in [0.29, 0.717) is 28.5 Å². The third-order valence-corrected chi connectivity index (χ3v) is 4.59. The van der Waals surface area contributed by atoms with Gasteiger partial charge in [-0.2, -0.15) is 0 Å². The van der Waals surface area contributed by atoms with E-state index in [0.717, 1.165) is 10.0 Å². The first kappa shape index (κ1) is 18.1. The lowest BCUT2D eigenvalue weighted by atomic mass is 10.1. The number of carbonyl (C=O) groups is 1. The predicted molar refractivity (Wildman–Crippen MR) is 109 cm³/mol. The van der Waals surface area contributed by atoms with Gasteiger partial charge in [0.25, 0.3) is 5.91 Å². The fraction of sp³-hybridized carbons (Fsp3) is 0. The summed E-state index contributed by atoms with van der Waals surface area (Å²) in [5, 5.41) is 2.70. The zero-order valence-electron chi connectivity index (χ0n) is 14.5. The first-order valence-electron chi connectivity index (χ1n) is 8.48. The summed E-state index contributed by atoms with van der Waals surface area (Å²) in [6, 6.07) is 20.4. The number of aromatic nitrogens is 1. The molecule has 1 N–H and O–H groups in total. The number of carbonyl (C=O) groups excluding carboxylic acids is 1. The lowest BCUT2D eigenvalue weighted by Gasteiger charge is -2.08. The van der Waals surface area contributed by atoms with Gasteiger partial charge in [0, 0.05) is 21.3 Å². The molecule has 0 unspecified atom stereocenters. The van der Waals surface area contributed by atoms with Gasteiger partial charge in [0.1, 0.15) is 5.82 Å². The standard InChI is InChI=1S/C22H14BrFN2O2/c23-15-6-3-5-14(11-15)20-13-25-22(28-20)19-10-2-1-9-18(19)21(27)26-17-8-4-7-16(24)12-17/h1-13H,(H,26,27). The minimum atomic E-state index is -0.419. The minimum Gasteiger partial charge on any atom is -0.436 e. The van der Waals surface area contributed by atoms with Crippen LogP contribution in [0.4, 0.5) is 10.1 Å². The van der Waals surface area contributed by atoms with Crippen LogP contribution in [0.1, 0.15) is 10.4 Å². The number of benzene rings is 3. The molecule has 28 heavy (non-hydrogen) atoms. The molecule has 0 aliphatic heterocycles. The van der Waals surface area contributed by atoms with Crippen molar-refractivity contribution in [3.63, 3.8) is 0 Å². The number of halogens is 2. The van der Waals surface area contributed by atoms with Crippen molar-refractivity contribution in [3.05, 3.63) is 94.8 Å². The Morgan fingerprint density at radius 2 is 1.82 bits per heavy atom. The van der Waals surface area contributed by atoms with Gasteiger partial charge >= 0.3 is 0 Å². The highest BCUT2D eigenvalue weighted by Gasteiger charge is 2.17. The third kappa shape index (κ3) is 3.87. The second kappa shape index (κ2) is 7.78. The van der Waals surface area contributed by atoms with E-state index < -0.39 is 5.82 Å². The Balaban J connectivity index is 1.66. The maximum absolute atomic E-state index is 13.4. The number of rotatable bonds is 4. The minimum absolute atomic E-state index is 0.333. The van der Waals surface area contributed by atoms with E-state index in [-0.39, 0.29) is 5.91 Å². The van der Waals surface area contributed by atoms with Crippen LogP contribution in [0.5, 0.6) is 0 Å². The van der Waals surface area contributed by atoms with Crippen LogP contribution >= 0.6 is 15.9 Å². The highest BCUT2D eigenvalue weighted by Crippen LogP contribution is 2.29. The van der Waals surface area contributed by atoms with E-state index in [4.69, 9.17) is 4.42 Å². The van der Waals surface area contributed by atoms with E-state index in [9.17, 15) is 9.18 Å². The highest BCUT2D eigenvalue weighted by atomic mass is 79.9. The molecule has 4 rings (SSSR count). The highest BCUT2D eigenvalue weighted by molar-refractivity contribution is 9.10. The Kier molecular flexibility index (Phi) is 5.04. The number of nitrogens with zero attached hydrogens (tertiary/aromatic N) is 1. The Hall–Kier alpha value is -3.25. The maximum atomic E-state index is 13.4. The molecule has 4 nitrogen and oxygen atoms in total. The van der Waals surface area contributed by atoms with E-state index in [1.54, 1.807) is 36.5 Å². The molecule has 0 radical (unpaired) electrons. The molecule has 138 valence electrons. The van der Waals surface area contributed by atoms with Gasteiger partial charge in [0.05, 0.1) is 11.8 Å². The zero-order valence-corrected chi connectivity index (χ0v) is 16.1. The second-order valence-corrected chi connectivity index (χ2v) is 6.97. The summed E-state index contributed by atoms with van der Waals surface area (Å²) >= 11 is 3.44. The summed E-state index contributed by atoms with van der Waals surface area (Å²) < 4.78 is 20.2. The van der Waals surface area contributed by atoms with Gasteiger partial charge in [-0.05, 0) is 42.5 Å². The molecule has 1 heterocycles. The van der Waals surface area contributed by atoms with Crippen molar-refractivity contribution in [2.24, 2.45) is 0 Å². The van der Waals surface area contributed by atoms with Crippen molar-refractivity contribution >= 4 is 27.5 Å². The average molecular weight is 437 g/mol. The molecule has 4 aromatic rings. The van der Waals surface area contributed by atoms with Crippen molar-refractivity contribution in [2.45, 2.75) is 0 Å². The summed E-state index contributed by atoms with van der Waals surface area (Å²) in [4.78, 5) is 17.1.